The van der Waals surface area contributed by atoms with Crippen LogP contribution < -0.4 is 10.4 Å². The van der Waals surface area contributed by atoms with Gasteiger partial charge in [-0.2, -0.15) is 0 Å². The molecule has 0 aliphatic heterocycles. The maximum absolute atomic E-state index is 11.4. The molecule has 3 nitrogen and oxygen atoms in total. The largest absolute Gasteiger partial charge is 0.497 e. The molecule has 1 aromatic carbocycles. The predicted octanol–water partition coefficient (Wildman–Crippen LogP) is 5.43. The summed E-state index contributed by atoms with van der Waals surface area (Å²) in [4.78, 5) is 11.4. The average Bonchev–Trinajstić information content (AvgIpc) is 2.53. The van der Waals surface area contributed by atoms with Gasteiger partial charge in [0.15, 0.2) is 0 Å². The first-order valence-corrected chi connectivity index (χ1v) is 8.39. The van der Waals surface area contributed by atoms with Crippen molar-refractivity contribution in [3.8, 4) is 5.75 Å². The number of allylic oxidation sites excluding steroid dienone is 4. The molecular formula is C21H26O3. The zero-order chi connectivity index (χ0) is 17.5. The Kier molecular flexibility index (Phi) is 6.42. The maximum Gasteiger partial charge on any atom is 0.336 e. The number of hydrogen-bond acceptors (Lipinski definition) is 3. The summed E-state index contributed by atoms with van der Waals surface area (Å²) in [6, 6.07) is 7.09. The molecule has 0 aliphatic rings. The molecule has 2 rings (SSSR count). The third-order valence-corrected chi connectivity index (χ3v) is 4.03. The topological polar surface area (TPSA) is 39.4 Å². The fourth-order valence-corrected chi connectivity index (χ4v) is 2.71. The van der Waals surface area contributed by atoms with Crippen LogP contribution in [0.5, 0.6) is 5.75 Å². The molecule has 0 spiro atoms. The van der Waals surface area contributed by atoms with Crippen molar-refractivity contribution in [2.24, 2.45) is 0 Å². The molecule has 0 saturated heterocycles. The van der Waals surface area contributed by atoms with Crippen LogP contribution in [0.4, 0.5) is 0 Å². The summed E-state index contributed by atoms with van der Waals surface area (Å²) in [6.07, 6.45) is 8.61. The van der Waals surface area contributed by atoms with Crippen LogP contribution in [-0.2, 0) is 6.42 Å². The Morgan fingerprint density at radius 1 is 1.12 bits per heavy atom. The fraction of sp³-hybridized carbons (Fsp3) is 0.381. The van der Waals surface area contributed by atoms with Gasteiger partial charge >= 0.3 is 5.63 Å². The lowest BCUT2D eigenvalue weighted by molar-refractivity contribution is 0.413. The summed E-state index contributed by atoms with van der Waals surface area (Å²) in [6.45, 7) is 6.44. The lowest BCUT2D eigenvalue weighted by Gasteiger charge is -2.08. The van der Waals surface area contributed by atoms with E-state index < -0.39 is 0 Å². The van der Waals surface area contributed by atoms with Gasteiger partial charge in [-0.05, 0) is 64.2 Å². The summed E-state index contributed by atoms with van der Waals surface area (Å²) in [7, 11) is 1.62. The minimum Gasteiger partial charge on any atom is -0.497 e. The molecule has 0 atom stereocenters. The lowest BCUT2D eigenvalue weighted by atomic mass is 10.0. The number of rotatable bonds is 7. The SMILES string of the molecule is COc1cc(CC/C=C(\C)CCC=C(C)C)c2ccc(=O)oc2c1. The van der Waals surface area contributed by atoms with Crippen molar-refractivity contribution in [1.29, 1.82) is 0 Å². The van der Waals surface area contributed by atoms with E-state index in [9.17, 15) is 4.79 Å². The molecule has 1 aromatic heterocycles. The number of fused-ring (bicyclic) bond motifs is 1. The Labute approximate surface area is 143 Å². The van der Waals surface area contributed by atoms with Crippen LogP contribution in [0.3, 0.4) is 0 Å². The van der Waals surface area contributed by atoms with E-state index in [2.05, 4.69) is 32.9 Å². The van der Waals surface area contributed by atoms with E-state index in [0.29, 0.717) is 5.58 Å². The highest BCUT2D eigenvalue weighted by Gasteiger charge is 2.07. The second-order valence-corrected chi connectivity index (χ2v) is 6.36. The van der Waals surface area contributed by atoms with Gasteiger partial charge in [0.2, 0.25) is 0 Å². The van der Waals surface area contributed by atoms with E-state index >= 15 is 0 Å². The van der Waals surface area contributed by atoms with E-state index in [4.69, 9.17) is 9.15 Å². The molecule has 3 heteroatoms. The molecule has 1 heterocycles. The first kappa shape index (κ1) is 18.1. The first-order chi connectivity index (χ1) is 11.5. The first-order valence-electron chi connectivity index (χ1n) is 8.39. The second kappa shape index (κ2) is 8.53. The van der Waals surface area contributed by atoms with E-state index in [0.717, 1.165) is 42.4 Å². The quantitative estimate of drug-likeness (QED) is 0.503. The molecule has 0 bridgehead atoms. The molecule has 0 radical (unpaired) electrons. The smallest absolute Gasteiger partial charge is 0.336 e. The van der Waals surface area contributed by atoms with Crippen molar-refractivity contribution in [3.05, 3.63) is 63.5 Å². The number of ether oxygens (including phenoxy) is 1. The van der Waals surface area contributed by atoms with Gasteiger partial charge in [0.25, 0.3) is 0 Å². The Hall–Kier alpha value is -2.29. The van der Waals surface area contributed by atoms with Gasteiger partial charge in [0, 0.05) is 17.5 Å². The molecule has 128 valence electrons. The molecule has 0 saturated carbocycles. The number of benzene rings is 1. The molecule has 0 amide bonds. The minimum absolute atomic E-state index is 0.336. The summed E-state index contributed by atoms with van der Waals surface area (Å²) >= 11 is 0. The van der Waals surface area contributed by atoms with Gasteiger partial charge in [-0.3, -0.25) is 0 Å². The van der Waals surface area contributed by atoms with Crippen LogP contribution in [0.25, 0.3) is 11.0 Å². The minimum atomic E-state index is -0.336. The molecule has 0 aliphatic carbocycles. The monoisotopic (exact) mass is 326 g/mol. The van der Waals surface area contributed by atoms with E-state index in [1.54, 1.807) is 13.2 Å². The Bertz CT molecular complexity index is 805. The van der Waals surface area contributed by atoms with E-state index in [-0.39, 0.29) is 5.63 Å². The molecule has 0 N–H and O–H groups in total. The summed E-state index contributed by atoms with van der Waals surface area (Å²) in [5, 5.41) is 0.978. The Balaban J connectivity index is 2.12. The molecule has 0 unspecified atom stereocenters. The average molecular weight is 326 g/mol. The van der Waals surface area contributed by atoms with Gasteiger partial charge in [-0.15, -0.1) is 0 Å². The standard InChI is InChI=1S/C21H26O3/c1-15(2)7-5-8-16(3)9-6-10-17-13-18(23-4)14-20-19(17)11-12-21(22)24-20/h7,9,11-14H,5-6,8,10H2,1-4H3/b16-9+. The number of hydrogen-bond donors (Lipinski definition) is 0. The highest BCUT2D eigenvalue weighted by Crippen LogP contribution is 2.25. The zero-order valence-corrected chi connectivity index (χ0v) is 15.0. The molecular weight excluding hydrogens is 300 g/mol. The normalized spacial score (nSPS) is 11.6. The number of aryl methyl sites for hydroxylation is 1. The highest BCUT2D eigenvalue weighted by atomic mass is 16.5. The summed E-state index contributed by atoms with van der Waals surface area (Å²) in [5.74, 6) is 0.719. The summed E-state index contributed by atoms with van der Waals surface area (Å²) < 4.78 is 10.6. The Morgan fingerprint density at radius 2 is 1.92 bits per heavy atom. The van der Waals surface area contributed by atoms with E-state index in [1.165, 1.54) is 17.2 Å². The Morgan fingerprint density at radius 3 is 2.62 bits per heavy atom. The van der Waals surface area contributed by atoms with E-state index in [1.807, 2.05) is 12.1 Å². The van der Waals surface area contributed by atoms with Crippen molar-refractivity contribution >= 4 is 11.0 Å². The van der Waals surface area contributed by atoms with Crippen molar-refractivity contribution < 1.29 is 9.15 Å². The van der Waals surface area contributed by atoms with Gasteiger partial charge in [-0.1, -0.05) is 23.3 Å². The van der Waals surface area contributed by atoms with Crippen molar-refractivity contribution in [1.82, 2.24) is 0 Å². The molecule has 24 heavy (non-hydrogen) atoms. The van der Waals surface area contributed by atoms with Crippen LogP contribution in [0, 0.1) is 0 Å². The predicted molar refractivity (Wildman–Crippen MR) is 99.8 cm³/mol. The third-order valence-electron chi connectivity index (χ3n) is 4.03. The summed E-state index contributed by atoms with van der Waals surface area (Å²) in [5.41, 5.74) is 4.16. The van der Waals surface area contributed by atoms with Crippen LogP contribution in [0.15, 0.2) is 56.8 Å². The van der Waals surface area contributed by atoms with Gasteiger partial charge in [-0.25, -0.2) is 4.79 Å². The van der Waals surface area contributed by atoms with Crippen LogP contribution in [-0.4, -0.2) is 7.11 Å². The molecule has 0 fully saturated rings. The second-order valence-electron chi connectivity index (χ2n) is 6.36. The third kappa shape index (κ3) is 5.12. The fourth-order valence-electron chi connectivity index (χ4n) is 2.71. The van der Waals surface area contributed by atoms with Gasteiger partial charge in [0.05, 0.1) is 7.11 Å². The van der Waals surface area contributed by atoms with Gasteiger partial charge in [0.1, 0.15) is 11.3 Å². The van der Waals surface area contributed by atoms with Crippen LogP contribution >= 0.6 is 0 Å². The maximum atomic E-state index is 11.4. The van der Waals surface area contributed by atoms with Crippen molar-refractivity contribution in [2.45, 2.75) is 46.5 Å². The van der Waals surface area contributed by atoms with Crippen LogP contribution in [0.1, 0.15) is 45.6 Å². The van der Waals surface area contributed by atoms with Crippen molar-refractivity contribution in [3.63, 3.8) is 0 Å². The lowest BCUT2D eigenvalue weighted by Crippen LogP contribution is -1.97. The van der Waals surface area contributed by atoms with Crippen molar-refractivity contribution in [2.75, 3.05) is 7.11 Å². The van der Waals surface area contributed by atoms with Crippen LogP contribution in [0.2, 0.25) is 0 Å². The zero-order valence-electron chi connectivity index (χ0n) is 15.0. The van der Waals surface area contributed by atoms with Gasteiger partial charge < -0.3 is 9.15 Å². The molecule has 2 aromatic rings. The highest BCUT2D eigenvalue weighted by molar-refractivity contribution is 5.82. The number of methoxy groups -OCH3 is 1.